The lowest BCUT2D eigenvalue weighted by molar-refractivity contribution is 0.365. The Bertz CT molecular complexity index is 132. The second kappa shape index (κ2) is 4.88. The standard InChI is InChI=1S/C8H17NOS/c1-2-8-11(10)9-6-4-3-5-7-9/h2-8H2,1H3. The van der Waals surface area contributed by atoms with Gasteiger partial charge in [-0.15, -0.1) is 0 Å². The van der Waals surface area contributed by atoms with Gasteiger partial charge in [0.1, 0.15) is 0 Å². The topological polar surface area (TPSA) is 20.3 Å². The molecule has 1 heterocycles. The first-order valence-electron chi connectivity index (χ1n) is 4.48. The van der Waals surface area contributed by atoms with Gasteiger partial charge < -0.3 is 0 Å². The predicted molar refractivity (Wildman–Crippen MR) is 48.7 cm³/mol. The van der Waals surface area contributed by atoms with E-state index in [1.54, 1.807) is 0 Å². The van der Waals surface area contributed by atoms with Crippen LogP contribution in [0.15, 0.2) is 0 Å². The van der Waals surface area contributed by atoms with Crippen molar-refractivity contribution in [2.75, 3.05) is 18.8 Å². The largest absolute Gasteiger partial charge is 0.243 e. The van der Waals surface area contributed by atoms with Crippen LogP contribution in [-0.4, -0.2) is 27.4 Å². The van der Waals surface area contributed by atoms with Gasteiger partial charge in [0.05, 0.1) is 11.0 Å². The number of hydrogen-bond donors (Lipinski definition) is 0. The zero-order valence-corrected chi connectivity index (χ0v) is 8.03. The Morgan fingerprint density at radius 2 is 1.91 bits per heavy atom. The molecule has 3 heteroatoms. The average Bonchev–Trinajstić information content (AvgIpc) is 2.07. The summed E-state index contributed by atoms with van der Waals surface area (Å²) in [6.07, 6.45) is 4.81. The fourth-order valence-electron chi connectivity index (χ4n) is 1.37. The number of rotatable bonds is 3. The zero-order chi connectivity index (χ0) is 8.10. The van der Waals surface area contributed by atoms with Gasteiger partial charge in [-0.3, -0.25) is 0 Å². The Hall–Kier alpha value is 0.110. The van der Waals surface area contributed by atoms with Gasteiger partial charge in [0, 0.05) is 18.8 Å². The van der Waals surface area contributed by atoms with Gasteiger partial charge in [-0.25, -0.2) is 8.51 Å². The molecule has 0 N–H and O–H groups in total. The summed E-state index contributed by atoms with van der Waals surface area (Å²) >= 11 is 0. The molecule has 0 radical (unpaired) electrons. The quantitative estimate of drug-likeness (QED) is 0.637. The Kier molecular flexibility index (Phi) is 4.08. The molecule has 11 heavy (non-hydrogen) atoms. The van der Waals surface area contributed by atoms with Crippen LogP contribution in [0, 0.1) is 0 Å². The second-order valence-corrected chi connectivity index (χ2v) is 4.58. The van der Waals surface area contributed by atoms with Gasteiger partial charge in [0.2, 0.25) is 0 Å². The van der Waals surface area contributed by atoms with Gasteiger partial charge in [-0.05, 0) is 19.3 Å². The maximum absolute atomic E-state index is 11.4. The highest BCUT2D eigenvalue weighted by molar-refractivity contribution is 7.82. The van der Waals surface area contributed by atoms with Crippen molar-refractivity contribution < 1.29 is 4.21 Å². The Labute approximate surface area is 71.6 Å². The van der Waals surface area contributed by atoms with Crippen molar-refractivity contribution in [3.8, 4) is 0 Å². The van der Waals surface area contributed by atoms with E-state index in [0.717, 1.165) is 25.3 Å². The molecule has 0 aliphatic carbocycles. The van der Waals surface area contributed by atoms with E-state index in [2.05, 4.69) is 11.2 Å². The third-order valence-corrected chi connectivity index (χ3v) is 3.68. The van der Waals surface area contributed by atoms with E-state index in [1.807, 2.05) is 0 Å². The predicted octanol–water partition coefficient (Wildman–Crippen LogP) is 1.55. The molecule has 0 aromatic carbocycles. The lowest BCUT2D eigenvalue weighted by atomic mass is 10.2. The van der Waals surface area contributed by atoms with Crippen molar-refractivity contribution in [1.29, 1.82) is 0 Å². The number of nitrogens with zero attached hydrogens (tertiary/aromatic N) is 1. The van der Waals surface area contributed by atoms with Crippen molar-refractivity contribution in [3.63, 3.8) is 0 Å². The molecule has 0 amide bonds. The summed E-state index contributed by atoms with van der Waals surface area (Å²) in [4.78, 5) is 0. The third-order valence-electron chi connectivity index (χ3n) is 1.98. The lowest BCUT2D eigenvalue weighted by Crippen LogP contribution is -2.32. The van der Waals surface area contributed by atoms with Crippen LogP contribution in [0.5, 0.6) is 0 Å². The van der Waals surface area contributed by atoms with Crippen molar-refractivity contribution in [1.82, 2.24) is 4.31 Å². The van der Waals surface area contributed by atoms with E-state index < -0.39 is 11.0 Å². The van der Waals surface area contributed by atoms with Crippen LogP contribution in [0.3, 0.4) is 0 Å². The van der Waals surface area contributed by atoms with E-state index in [4.69, 9.17) is 0 Å². The molecular weight excluding hydrogens is 158 g/mol. The minimum absolute atomic E-state index is 0.673. The van der Waals surface area contributed by atoms with Crippen LogP contribution in [-0.2, 0) is 11.0 Å². The zero-order valence-electron chi connectivity index (χ0n) is 7.21. The summed E-state index contributed by atoms with van der Waals surface area (Å²) in [6, 6.07) is 0. The summed E-state index contributed by atoms with van der Waals surface area (Å²) in [5.74, 6) is 0.847. The van der Waals surface area contributed by atoms with Crippen LogP contribution < -0.4 is 0 Å². The first kappa shape index (κ1) is 9.20. The smallest absolute Gasteiger partial charge is 0.0942 e. The van der Waals surface area contributed by atoms with Crippen LogP contribution in [0.25, 0.3) is 0 Å². The molecule has 66 valence electrons. The molecule has 0 aromatic heterocycles. The first-order chi connectivity index (χ1) is 5.34. The normalized spacial score (nSPS) is 23.4. The van der Waals surface area contributed by atoms with Crippen molar-refractivity contribution in [3.05, 3.63) is 0 Å². The van der Waals surface area contributed by atoms with E-state index in [1.165, 1.54) is 19.3 Å². The molecule has 2 nitrogen and oxygen atoms in total. The third kappa shape index (κ3) is 2.91. The summed E-state index contributed by atoms with van der Waals surface area (Å²) < 4.78 is 13.6. The van der Waals surface area contributed by atoms with E-state index in [-0.39, 0.29) is 0 Å². The summed E-state index contributed by atoms with van der Waals surface area (Å²) in [5, 5.41) is 0. The first-order valence-corrected chi connectivity index (χ1v) is 5.75. The Morgan fingerprint density at radius 3 is 2.45 bits per heavy atom. The van der Waals surface area contributed by atoms with Gasteiger partial charge in [-0.1, -0.05) is 13.3 Å². The highest BCUT2D eigenvalue weighted by atomic mass is 32.2. The molecule has 1 unspecified atom stereocenters. The van der Waals surface area contributed by atoms with Crippen LogP contribution in [0.4, 0.5) is 0 Å². The SMILES string of the molecule is CCCS(=O)N1CCCCC1. The molecule has 1 saturated heterocycles. The van der Waals surface area contributed by atoms with E-state index in [0.29, 0.717) is 0 Å². The van der Waals surface area contributed by atoms with Crippen LogP contribution in [0.2, 0.25) is 0 Å². The molecule has 1 fully saturated rings. The lowest BCUT2D eigenvalue weighted by Gasteiger charge is -2.24. The molecule has 0 spiro atoms. The maximum atomic E-state index is 11.4. The van der Waals surface area contributed by atoms with Gasteiger partial charge >= 0.3 is 0 Å². The fourth-order valence-corrected chi connectivity index (χ4v) is 2.65. The molecule has 1 aliphatic heterocycles. The second-order valence-electron chi connectivity index (χ2n) is 3.02. The molecule has 1 aliphatic rings. The van der Waals surface area contributed by atoms with Crippen molar-refractivity contribution in [2.45, 2.75) is 32.6 Å². The Balaban J connectivity index is 2.27. The Morgan fingerprint density at radius 1 is 1.27 bits per heavy atom. The minimum atomic E-state index is -0.673. The number of piperidine rings is 1. The average molecular weight is 175 g/mol. The highest BCUT2D eigenvalue weighted by Crippen LogP contribution is 2.10. The van der Waals surface area contributed by atoms with E-state index >= 15 is 0 Å². The molecule has 0 saturated carbocycles. The molecule has 1 rings (SSSR count). The summed E-state index contributed by atoms with van der Waals surface area (Å²) in [5.41, 5.74) is 0. The highest BCUT2D eigenvalue weighted by Gasteiger charge is 2.14. The minimum Gasteiger partial charge on any atom is -0.243 e. The van der Waals surface area contributed by atoms with Crippen molar-refractivity contribution in [2.24, 2.45) is 0 Å². The van der Waals surface area contributed by atoms with Gasteiger partial charge in [-0.2, -0.15) is 0 Å². The van der Waals surface area contributed by atoms with Gasteiger partial charge in [0.15, 0.2) is 0 Å². The van der Waals surface area contributed by atoms with Crippen molar-refractivity contribution >= 4 is 11.0 Å². The molecule has 1 atom stereocenters. The maximum Gasteiger partial charge on any atom is 0.0942 e. The van der Waals surface area contributed by atoms with Crippen LogP contribution >= 0.6 is 0 Å². The molecule has 0 bridgehead atoms. The molecular formula is C8H17NOS. The summed E-state index contributed by atoms with van der Waals surface area (Å²) in [6.45, 7) is 4.18. The van der Waals surface area contributed by atoms with E-state index in [9.17, 15) is 4.21 Å². The molecule has 0 aromatic rings. The fraction of sp³-hybridized carbons (Fsp3) is 1.00. The summed E-state index contributed by atoms with van der Waals surface area (Å²) in [7, 11) is -0.673. The monoisotopic (exact) mass is 175 g/mol. The van der Waals surface area contributed by atoms with Crippen LogP contribution in [0.1, 0.15) is 32.6 Å². The number of hydrogen-bond acceptors (Lipinski definition) is 1. The van der Waals surface area contributed by atoms with Gasteiger partial charge in [0.25, 0.3) is 0 Å².